The maximum absolute atomic E-state index is 13.1. The third-order valence-corrected chi connectivity index (χ3v) is 4.44. The van der Waals surface area contributed by atoms with Crippen LogP contribution in [0.15, 0.2) is 47.4 Å². The summed E-state index contributed by atoms with van der Waals surface area (Å²) in [6.45, 7) is 0. The van der Waals surface area contributed by atoms with E-state index in [0.717, 1.165) is 12.1 Å². The molecule has 0 aliphatic heterocycles. The molecule has 0 radical (unpaired) electrons. The monoisotopic (exact) mass is 343 g/mol. The van der Waals surface area contributed by atoms with Crippen molar-refractivity contribution < 1.29 is 22.3 Å². The molecule has 0 saturated carbocycles. The van der Waals surface area contributed by atoms with Crippen molar-refractivity contribution in [3.63, 3.8) is 0 Å². The van der Waals surface area contributed by atoms with Crippen LogP contribution in [-0.2, 0) is 14.8 Å². The predicted molar refractivity (Wildman–Crippen MR) is 80.0 cm³/mol. The van der Waals surface area contributed by atoms with Gasteiger partial charge in [-0.25, -0.2) is 17.6 Å². The molecule has 2 aromatic rings. The summed E-state index contributed by atoms with van der Waals surface area (Å²) in [5.74, 6) is -1.37. The van der Waals surface area contributed by atoms with E-state index in [9.17, 15) is 17.6 Å². The SMILES string of the molecule is COC(=O)c1cc(NS(=O)(=O)c2cccc(F)c2)ccc1Cl. The number of hydrogen-bond acceptors (Lipinski definition) is 4. The first-order valence-corrected chi connectivity index (χ1v) is 7.86. The standard InChI is InChI=1S/C14H11ClFNO4S/c1-21-14(18)12-8-10(5-6-13(12)15)17-22(19,20)11-4-2-3-9(16)7-11/h2-8,17H,1H3. The molecule has 0 bridgehead atoms. The highest BCUT2D eigenvalue weighted by molar-refractivity contribution is 7.92. The number of halogens is 2. The average Bonchev–Trinajstić information content (AvgIpc) is 2.48. The molecule has 0 amide bonds. The molecule has 5 nitrogen and oxygen atoms in total. The molecule has 0 aliphatic carbocycles. The summed E-state index contributed by atoms with van der Waals surface area (Å²) < 4.78 is 44.3. The number of benzene rings is 2. The van der Waals surface area contributed by atoms with E-state index in [2.05, 4.69) is 9.46 Å². The highest BCUT2D eigenvalue weighted by Crippen LogP contribution is 2.23. The molecule has 0 aromatic heterocycles. The third-order valence-electron chi connectivity index (χ3n) is 2.73. The lowest BCUT2D eigenvalue weighted by molar-refractivity contribution is 0.0601. The van der Waals surface area contributed by atoms with Gasteiger partial charge in [0.15, 0.2) is 0 Å². The van der Waals surface area contributed by atoms with E-state index in [-0.39, 0.29) is 21.2 Å². The van der Waals surface area contributed by atoms with E-state index in [1.165, 1.54) is 37.4 Å². The lowest BCUT2D eigenvalue weighted by atomic mass is 10.2. The number of carbonyl (C=O) groups excluding carboxylic acids is 1. The van der Waals surface area contributed by atoms with Crippen LogP contribution >= 0.6 is 11.6 Å². The molecule has 2 aromatic carbocycles. The maximum atomic E-state index is 13.1. The van der Waals surface area contributed by atoms with Crippen LogP contribution in [-0.4, -0.2) is 21.5 Å². The summed E-state index contributed by atoms with van der Waals surface area (Å²) in [7, 11) is -2.80. The van der Waals surface area contributed by atoms with Crippen molar-refractivity contribution in [3.8, 4) is 0 Å². The van der Waals surface area contributed by atoms with Crippen molar-refractivity contribution in [2.75, 3.05) is 11.8 Å². The van der Waals surface area contributed by atoms with E-state index >= 15 is 0 Å². The zero-order valence-electron chi connectivity index (χ0n) is 11.3. The van der Waals surface area contributed by atoms with Crippen LogP contribution in [0.25, 0.3) is 0 Å². The number of nitrogens with one attached hydrogen (secondary N) is 1. The largest absolute Gasteiger partial charge is 0.465 e. The molecule has 2 rings (SSSR count). The Morgan fingerprint density at radius 1 is 1.23 bits per heavy atom. The topological polar surface area (TPSA) is 72.5 Å². The van der Waals surface area contributed by atoms with Gasteiger partial charge in [0, 0.05) is 5.69 Å². The zero-order valence-corrected chi connectivity index (χ0v) is 12.9. The Labute approximate surface area is 131 Å². The number of methoxy groups -OCH3 is 1. The van der Waals surface area contributed by atoms with E-state index in [4.69, 9.17) is 11.6 Å². The fourth-order valence-corrected chi connectivity index (χ4v) is 2.98. The summed E-state index contributed by atoms with van der Waals surface area (Å²) >= 11 is 5.85. The van der Waals surface area contributed by atoms with Gasteiger partial charge in [-0.05, 0) is 36.4 Å². The van der Waals surface area contributed by atoms with Gasteiger partial charge < -0.3 is 4.74 Å². The van der Waals surface area contributed by atoms with E-state index in [1.54, 1.807) is 0 Å². The van der Waals surface area contributed by atoms with Crippen molar-refractivity contribution in [1.82, 2.24) is 0 Å². The fourth-order valence-electron chi connectivity index (χ4n) is 1.70. The van der Waals surface area contributed by atoms with Gasteiger partial charge in [-0.15, -0.1) is 0 Å². The number of anilines is 1. The molecule has 0 heterocycles. The number of esters is 1. The molecular formula is C14H11ClFNO4S. The van der Waals surface area contributed by atoms with Crippen molar-refractivity contribution in [1.29, 1.82) is 0 Å². The number of sulfonamides is 1. The Morgan fingerprint density at radius 2 is 1.95 bits per heavy atom. The third kappa shape index (κ3) is 3.55. The molecule has 0 fully saturated rings. The first kappa shape index (κ1) is 16.3. The Hall–Kier alpha value is -2.12. The van der Waals surface area contributed by atoms with E-state index < -0.39 is 21.8 Å². The molecule has 0 aliphatic rings. The summed E-state index contributed by atoms with van der Waals surface area (Å²) in [6.07, 6.45) is 0. The first-order chi connectivity index (χ1) is 10.3. The van der Waals surface area contributed by atoms with Crippen LogP contribution in [0, 0.1) is 5.82 Å². The second-order valence-electron chi connectivity index (χ2n) is 4.25. The Bertz CT molecular complexity index is 823. The van der Waals surface area contributed by atoms with Crippen LogP contribution in [0.5, 0.6) is 0 Å². The molecule has 1 N–H and O–H groups in total. The van der Waals surface area contributed by atoms with Crippen molar-refractivity contribution in [2.45, 2.75) is 4.90 Å². The minimum absolute atomic E-state index is 0.0172. The minimum atomic E-state index is -3.98. The molecule has 0 unspecified atom stereocenters. The highest BCUT2D eigenvalue weighted by Gasteiger charge is 2.17. The summed E-state index contributed by atoms with van der Waals surface area (Å²) in [4.78, 5) is 11.3. The van der Waals surface area contributed by atoms with Gasteiger partial charge in [0.1, 0.15) is 5.82 Å². The molecule has 0 saturated heterocycles. The van der Waals surface area contributed by atoms with Gasteiger partial charge in [-0.3, -0.25) is 4.72 Å². The van der Waals surface area contributed by atoms with E-state index in [1.807, 2.05) is 0 Å². The Morgan fingerprint density at radius 3 is 2.59 bits per heavy atom. The zero-order chi connectivity index (χ0) is 16.3. The van der Waals surface area contributed by atoms with Gasteiger partial charge in [0.05, 0.1) is 22.6 Å². The van der Waals surface area contributed by atoms with Crippen LogP contribution in [0.4, 0.5) is 10.1 Å². The average molecular weight is 344 g/mol. The molecule has 116 valence electrons. The molecule has 0 spiro atoms. The lowest BCUT2D eigenvalue weighted by Crippen LogP contribution is -2.14. The van der Waals surface area contributed by atoms with Crippen LogP contribution in [0.3, 0.4) is 0 Å². The summed E-state index contributed by atoms with van der Waals surface area (Å²) in [6, 6.07) is 8.54. The van der Waals surface area contributed by atoms with Crippen LogP contribution < -0.4 is 4.72 Å². The molecule has 22 heavy (non-hydrogen) atoms. The Balaban J connectivity index is 2.36. The first-order valence-electron chi connectivity index (χ1n) is 6.00. The number of rotatable bonds is 4. The Kier molecular flexibility index (Phi) is 4.68. The van der Waals surface area contributed by atoms with Gasteiger partial charge in [-0.2, -0.15) is 0 Å². The second kappa shape index (κ2) is 6.33. The fraction of sp³-hybridized carbons (Fsp3) is 0.0714. The smallest absolute Gasteiger partial charge is 0.339 e. The van der Waals surface area contributed by atoms with Gasteiger partial charge in [0.25, 0.3) is 10.0 Å². The molecule has 8 heteroatoms. The quantitative estimate of drug-likeness (QED) is 0.866. The van der Waals surface area contributed by atoms with Gasteiger partial charge in [-0.1, -0.05) is 17.7 Å². The number of hydrogen-bond donors (Lipinski definition) is 1. The van der Waals surface area contributed by atoms with Crippen molar-refractivity contribution in [2.24, 2.45) is 0 Å². The van der Waals surface area contributed by atoms with Crippen molar-refractivity contribution >= 4 is 33.3 Å². The van der Waals surface area contributed by atoms with Crippen molar-refractivity contribution in [3.05, 3.63) is 58.9 Å². The summed E-state index contributed by atoms with van der Waals surface area (Å²) in [5.41, 5.74) is 0.123. The summed E-state index contributed by atoms with van der Waals surface area (Å²) in [5, 5.41) is 0.126. The minimum Gasteiger partial charge on any atom is -0.465 e. The van der Waals surface area contributed by atoms with E-state index in [0.29, 0.717) is 0 Å². The number of ether oxygens (including phenoxy) is 1. The second-order valence-corrected chi connectivity index (χ2v) is 6.34. The molecular weight excluding hydrogens is 333 g/mol. The number of carbonyl (C=O) groups is 1. The van der Waals surface area contributed by atoms with Crippen LogP contribution in [0.2, 0.25) is 5.02 Å². The van der Waals surface area contributed by atoms with Gasteiger partial charge >= 0.3 is 5.97 Å². The van der Waals surface area contributed by atoms with Crippen LogP contribution in [0.1, 0.15) is 10.4 Å². The molecule has 0 atom stereocenters. The highest BCUT2D eigenvalue weighted by atomic mass is 35.5. The van der Waals surface area contributed by atoms with Gasteiger partial charge in [0.2, 0.25) is 0 Å². The normalized spacial score (nSPS) is 11.0. The lowest BCUT2D eigenvalue weighted by Gasteiger charge is -2.10. The maximum Gasteiger partial charge on any atom is 0.339 e. The predicted octanol–water partition coefficient (Wildman–Crippen LogP) is 3.07.